The van der Waals surface area contributed by atoms with Gasteiger partial charge in [-0.05, 0) is 23.8 Å². The van der Waals surface area contributed by atoms with Crippen LogP contribution in [0.4, 0.5) is 0 Å². The molecule has 1 atom stereocenters. The van der Waals surface area contributed by atoms with Crippen LogP contribution in [0.15, 0.2) is 16.9 Å². The summed E-state index contributed by atoms with van der Waals surface area (Å²) in [5, 5.41) is 20.0. The maximum absolute atomic E-state index is 12.8. The number of carbonyl (C=O) groups is 1. The Kier molecular flexibility index (Phi) is 3.05. The number of carbonyl (C=O) groups excluding carboxylic acids is 1. The monoisotopic (exact) mass is 354 g/mol. The summed E-state index contributed by atoms with van der Waals surface area (Å²) in [5.41, 5.74) is 0.416. The van der Waals surface area contributed by atoms with Crippen LogP contribution in [0.5, 0.6) is 5.75 Å². The second-order valence-corrected chi connectivity index (χ2v) is 6.33. The van der Waals surface area contributed by atoms with E-state index in [2.05, 4.69) is 25.7 Å². The number of aromatic nitrogens is 7. The highest BCUT2D eigenvalue weighted by molar-refractivity contribution is 6.01. The largest absolute Gasteiger partial charge is 0.470 e. The molecule has 1 unspecified atom stereocenters. The first kappa shape index (κ1) is 14.9. The van der Waals surface area contributed by atoms with E-state index in [4.69, 9.17) is 4.74 Å². The number of nitrogens with zero attached hydrogens (tertiary/aromatic N) is 8. The van der Waals surface area contributed by atoms with Crippen LogP contribution in [0.3, 0.4) is 0 Å². The lowest BCUT2D eigenvalue weighted by molar-refractivity contribution is 0.0295. The summed E-state index contributed by atoms with van der Waals surface area (Å²) in [5.74, 6) is 0.680. The third kappa shape index (κ3) is 2.16. The number of ether oxygens (including phenoxy) is 1. The molecule has 1 aromatic carbocycles. The highest BCUT2D eigenvalue weighted by atomic mass is 16.5. The molecule has 2 aliphatic rings. The Bertz CT molecular complexity index is 1100. The summed E-state index contributed by atoms with van der Waals surface area (Å²) in [7, 11) is 1.64. The Hall–Kier alpha value is -3.37. The van der Waals surface area contributed by atoms with E-state index in [1.54, 1.807) is 24.1 Å². The van der Waals surface area contributed by atoms with Gasteiger partial charge in [0.1, 0.15) is 17.8 Å². The Balaban J connectivity index is 1.60. The molecule has 1 fully saturated rings. The summed E-state index contributed by atoms with van der Waals surface area (Å²) < 4.78 is 7.09. The van der Waals surface area contributed by atoms with Gasteiger partial charge >= 0.3 is 0 Å². The van der Waals surface area contributed by atoms with Gasteiger partial charge in [0.05, 0.1) is 18.0 Å². The zero-order valence-electron chi connectivity index (χ0n) is 13.9. The van der Waals surface area contributed by atoms with Crippen molar-refractivity contribution < 1.29 is 9.53 Å². The molecule has 11 nitrogen and oxygen atoms in total. The molecule has 2 aromatic heterocycles. The summed E-state index contributed by atoms with van der Waals surface area (Å²) in [6.45, 7) is 0.738. The van der Waals surface area contributed by atoms with Gasteiger partial charge in [-0.2, -0.15) is 4.80 Å². The van der Waals surface area contributed by atoms with Crippen LogP contribution in [-0.4, -0.2) is 58.8 Å². The summed E-state index contributed by atoms with van der Waals surface area (Å²) >= 11 is 0. The molecule has 2 aliphatic heterocycles. The molecule has 0 saturated carbocycles. The highest BCUT2D eigenvalue weighted by Gasteiger charge is 2.37. The van der Waals surface area contributed by atoms with Crippen LogP contribution in [0.1, 0.15) is 29.0 Å². The van der Waals surface area contributed by atoms with Crippen molar-refractivity contribution in [2.45, 2.75) is 25.6 Å². The van der Waals surface area contributed by atoms with Crippen molar-refractivity contribution in [3.05, 3.63) is 33.9 Å². The molecule has 0 aliphatic carbocycles. The molecule has 0 bridgehead atoms. The van der Waals surface area contributed by atoms with Crippen molar-refractivity contribution in [2.24, 2.45) is 7.05 Å². The zero-order chi connectivity index (χ0) is 17.8. The summed E-state index contributed by atoms with van der Waals surface area (Å²) in [6.07, 6.45) is 1.44. The SMILES string of the molecule is Cn1nnc(Cn2nnc3cc4c(cc3c2=O)OC2CCCN2C4=O)n1. The van der Waals surface area contributed by atoms with Gasteiger partial charge in [0.25, 0.3) is 11.5 Å². The van der Waals surface area contributed by atoms with Gasteiger partial charge in [-0.25, -0.2) is 4.68 Å². The fourth-order valence-corrected chi connectivity index (χ4v) is 3.39. The van der Waals surface area contributed by atoms with E-state index in [0.29, 0.717) is 34.6 Å². The van der Waals surface area contributed by atoms with Crippen LogP contribution < -0.4 is 10.3 Å². The summed E-state index contributed by atoms with van der Waals surface area (Å²) in [4.78, 5) is 28.4. The fraction of sp³-hybridized carbons (Fsp3) is 0.400. The van der Waals surface area contributed by atoms with Gasteiger partial charge in [-0.3, -0.25) is 9.59 Å². The van der Waals surface area contributed by atoms with Crippen LogP contribution in [-0.2, 0) is 13.6 Å². The lowest BCUT2D eigenvalue weighted by Gasteiger charge is -2.31. The van der Waals surface area contributed by atoms with E-state index in [-0.39, 0.29) is 24.2 Å². The van der Waals surface area contributed by atoms with Crippen LogP contribution >= 0.6 is 0 Å². The quantitative estimate of drug-likeness (QED) is 0.593. The fourth-order valence-electron chi connectivity index (χ4n) is 3.39. The normalized spacial score (nSPS) is 18.7. The van der Waals surface area contributed by atoms with E-state index in [9.17, 15) is 9.59 Å². The molecule has 0 N–H and O–H groups in total. The smallest absolute Gasteiger partial charge is 0.278 e. The molecule has 0 radical (unpaired) electrons. The maximum Gasteiger partial charge on any atom is 0.278 e. The van der Waals surface area contributed by atoms with Crippen molar-refractivity contribution in [2.75, 3.05) is 6.54 Å². The molecule has 11 heteroatoms. The van der Waals surface area contributed by atoms with Crippen molar-refractivity contribution >= 4 is 16.8 Å². The predicted molar refractivity (Wildman–Crippen MR) is 86.4 cm³/mol. The van der Waals surface area contributed by atoms with Crippen molar-refractivity contribution in [3.8, 4) is 5.75 Å². The minimum absolute atomic E-state index is 0.0584. The van der Waals surface area contributed by atoms with Crippen molar-refractivity contribution in [1.82, 2.24) is 40.1 Å². The molecule has 3 aromatic rings. The molecule has 132 valence electrons. The van der Waals surface area contributed by atoms with E-state index in [1.165, 1.54) is 4.80 Å². The first-order valence-corrected chi connectivity index (χ1v) is 8.22. The Morgan fingerprint density at radius 1 is 1.23 bits per heavy atom. The van der Waals surface area contributed by atoms with Gasteiger partial charge in [-0.15, -0.1) is 15.3 Å². The molecule has 1 saturated heterocycles. The standard InChI is InChI=1S/C15H14N8O3/c1-21-18-12(17-19-21)7-23-15(25)8-6-11-9(5-10(8)16-20-23)14(24)22-4-2-3-13(22)26-11/h5-6,13H,2-4,7H2,1H3. The lowest BCUT2D eigenvalue weighted by atomic mass is 10.1. The molecule has 0 spiro atoms. The number of aryl methyl sites for hydroxylation is 1. The van der Waals surface area contributed by atoms with Crippen LogP contribution in [0, 0.1) is 0 Å². The molecule has 1 amide bonds. The zero-order valence-corrected chi connectivity index (χ0v) is 13.9. The van der Waals surface area contributed by atoms with Gasteiger partial charge in [0, 0.05) is 13.0 Å². The van der Waals surface area contributed by atoms with Crippen molar-refractivity contribution in [3.63, 3.8) is 0 Å². The third-order valence-corrected chi connectivity index (χ3v) is 4.62. The van der Waals surface area contributed by atoms with Gasteiger partial charge in [-0.1, -0.05) is 5.21 Å². The van der Waals surface area contributed by atoms with Gasteiger partial charge in [0.15, 0.2) is 12.1 Å². The third-order valence-electron chi connectivity index (χ3n) is 4.62. The van der Waals surface area contributed by atoms with E-state index in [1.807, 2.05) is 0 Å². The Labute approximate surface area is 146 Å². The average molecular weight is 354 g/mol. The number of amides is 1. The number of fused-ring (bicyclic) bond motifs is 3. The Morgan fingerprint density at radius 3 is 2.92 bits per heavy atom. The Morgan fingerprint density at radius 2 is 2.12 bits per heavy atom. The van der Waals surface area contributed by atoms with Crippen LogP contribution in [0.2, 0.25) is 0 Å². The first-order chi connectivity index (χ1) is 12.6. The maximum atomic E-state index is 12.8. The number of rotatable bonds is 2. The van der Waals surface area contributed by atoms with E-state index in [0.717, 1.165) is 17.5 Å². The minimum atomic E-state index is -0.352. The minimum Gasteiger partial charge on any atom is -0.470 e. The number of hydrogen-bond donors (Lipinski definition) is 0. The second-order valence-electron chi connectivity index (χ2n) is 6.33. The van der Waals surface area contributed by atoms with Gasteiger partial charge < -0.3 is 9.64 Å². The van der Waals surface area contributed by atoms with E-state index < -0.39 is 0 Å². The average Bonchev–Trinajstić information content (AvgIpc) is 3.26. The first-order valence-electron chi connectivity index (χ1n) is 8.22. The molecule has 26 heavy (non-hydrogen) atoms. The lowest BCUT2D eigenvalue weighted by Crippen LogP contribution is -2.43. The number of hydrogen-bond acceptors (Lipinski definition) is 8. The highest BCUT2D eigenvalue weighted by Crippen LogP contribution is 2.34. The van der Waals surface area contributed by atoms with Crippen LogP contribution in [0.25, 0.3) is 10.9 Å². The number of benzene rings is 1. The second kappa shape index (κ2) is 5.31. The molecule has 4 heterocycles. The van der Waals surface area contributed by atoms with Gasteiger partial charge in [0.2, 0.25) is 0 Å². The van der Waals surface area contributed by atoms with E-state index >= 15 is 0 Å². The molecule has 5 rings (SSSR count). The number of tetrazole rings is 1. The molecular formula is C15H14N8O3. The predicted octanol–water partition coefficient (Wildman–Crippen LogP) is -0.682. The van der Waals surface area contributed by atoms with Crippen molar-refractivity contribution in [1.29, 1.82) is 0 Å². The molecular weight excluding hydrogens is 340 g/mol. The topological polar surface area (TPSA) is 121 Å². The summed E-state index contributed by atoms with van der Waals surface area (Å²) in [6, 6.07) is 3.15.